The van der Waals surface area contributed by atoms with Crippen LogP contribution in [-0.2, 0) is 9.59 Å². The number of aliphatic hydroxyl groups is 2. The Morgan fingerprint density at radius 3 is 2.62 bits per heavy atom. The molecule has 1 aromatic rings. The summed E-state index contributed by atoms with van der Waals surface area (Å²) < 4.78 is 5.27. The summed E-state index contributed by atoms with van der Waals surface area (Å²) >= 11 is 0. The van der Waals surface area contributed by atoms with Crippen LogP contribution in [-0.4, -0.2) is 34.7 Å². The smallest absolute Gasteiger partial charge is 0.311 e. The maximum Gasteiger partial charge on any atom is 0.311 e. The molecule has 2 rings (SSSR count). The predicted molar refractivity (Wildman–Crippen MR) is 98.6 cm³/mol. The minimum Gasteiger partial charge on any atom is -0.427 e. The molecule has 1 aromatic carbocycles. The fraction of sp³-hybridized carbons (Fsp3) is 0.524. The molecular weight excluding hydrogens is 332 g/mol. The van der Waals surface area contributed by atoms with E-state index in [-0.39, 0.29) is 31.1 Å². The van der Waals surface area contributed by atoms with Crippen LogP contribution in [0.4, 0.5) is 0 Å². The van der Waals surface area contributed by atoms with Gasteiger partial charge in [0.1, 0.15) is 11.5 Å². The number of aliphatic hydroxyl groups excluding tert-OH is 2. The third kappa shape index (κ3) is 6.39. The summed E-state index contributed by atoms with van der Waals surface area (Å²) in [5.41, 5.74) is 0. The first-order valence-electron chi connectivity index (χ1n) is 9.36. The van der Waals surface area contributed by atoms with E-state index in [2.05, 4.69) is 0 Å². The van der Waals surface area contributed by atoms with Crippen LogP contribution in [0.3, 0.4) is 0 Å². The molecule has 5 heteroatoms. The second-order valence-electron chi connectivity index (χ2n) is 6.77. The van der Waals surface area contributed by atoms with Crippen molar-refractivity contribution in [3.05, 3.63) is 42.5 Å². The second kappa shape index (κ2) is 10.9. The van der Waals surface area contributed by atoms with E-state index < -0.39 is 18.0 Å². The highest BCUT2D eigenvalue weighted by molar-refractivity contribution is 5.88. The molecule has 0 bridgehead atoms. The summed E-state index contributed by atoms with van der Waals surface area (Å²) in [6, 6.07) is 8.77. The van der Waals surface area contributed by atoms with E-state index in [9.17, 15) is 14.7 Å². The van der Waals surface area contributed by atoms with Gasteiger partial charge < -0.3 is 14.9 Å². The van der Waals surface area contributed by atoms with Crippen molar-refractivity contribution in [1.29, 1.82) is 0 Å². The first-order chi connectivity index (χ1) is 12.6. The summed E-state index contributed by atoms with van der Waals surface area (Å²) in [5, 5.41) is 18.9. The van der Waals surface area contributed by atoms with Gasteiger partial charge in [-0.25, -0.2) is 0 Å². The number of benzene rings is 1. The minimum absolute atomic E-state index is 0.0176. The zero-order valence-electron chi connectivity index (χ0n) is 15.0. The maximum absolute atomic E-state index is 12.2. The van der Waals surface area contributed by atoms with Crippen LogP contribution in [0.2, 0.25) is 0 Å². The van der Waals surface area contributed by atoms with E-state index in [0.717, 1.165) is 32.1 Å². The number of unbranched alkanes of at least 4 members (excludes halogenated alkanes) is 4. The first-order valence-corrected chi connectivity index (χ1v) is 9.36. The number of carbonyl (C=O) groups is 2. The highest BCUT2D eigenvalue weighted by Crippen LogP contribution is 2.33. The Balaban J connectivity index is 1.84. The molecule has 0 heterocycles. The normalized spacial score (nSPS) is 22.8. The van der Waals surface area contributed by atoms with Crippen LogP contribution in [0.5, 0.6) is 5.75 Å². The summed E-state index contributed by atoms with van der Waals surface area (Å²) in [5.74, 6) is -0.931. The van der Waals surface area contributed by atoms with Gasteiger partial charge >= 0.3 is 5.97 Å². The van der Waals surface area contributed by atoms with Gasteiger partial charge in [0.15, 0.2) is 0 Å². The van der Waals surface area contributed by atoms with Gasteiger partial charge in [-0.1, -0.05) is 43.2 Å². The lowest BCUT2D eigenvalue weighted by Crippen LogP contribution is -2.23. The van der Waals surface area contributed by atoms with Gasteiger partial charge in [-0.2, -0.15) is 0 Å². The van der Waals surface area contributed by atoms with E-state index in [0.29, 0.717) is 5.75 Å². The lowest BCUT2D eigenvalue weighted by molar-refractivity contribution is -0.138. The molecule has 1 saturated carbocycles. The highest BCUT2D eigenvalue weighted by Gasteiger charge is 2.41. The van der Waals surface area contributed by atoms with Crippen LogP contribution < -0.4 is 4.74 Å². The maximum atomic E-state index is 12.2. The number of allylic oxidation sites excluding steroid dienone is 1. The number of ether oxygens (including phenoxy) is 1. The van der Waals surface area contributed by atoms with Crippen molar-refractivity contribution < 1.29 is 24.5 Å². The van der Waals surface area contributed by atoms with Gasteiger partial charge in [-0.05, 0) is 31.4 Å². The van der Waals surface area contributed by atoms with Crippen LogP contribution in [0, 0.1) is 11.8 Å². The first kappa shape index (κ1) is 20.3. The summed E-state index contributed by atoms with van der Waals surface area (Å²) in [4.78, 5) is 24.3. The van der Waals surface area contributed by atoms with Crippen molar-refractivity contribution in [2.45, 2.75) is 51.0 Å². The SMILES string of the molecule is O=C(C[C@H]1C(=O)C[C@H](O)[C@@H]1/C=C/CCCCCCO)Oc1ccccc1. The molecule has 2 N–H and O–H groups in total. The largest absolute Gasteiger partial charge is 0.427 e. The molecule has 3 atom stereocenters. The number of hydrogen-bond donors (Lipinski definition) is 2. The van der Waals surface area contributed by atoms with Crippen LogP contribution >= 0.6 is 0 Å². The van der Waals surface area contributed by atoms with E-state index in [1.54, 1.807) is 24.3 Å². The Morgan fingerprint density at radius 2 is 1.88 bits per heavy atom. The number of esters is 1. The molecule has 1 fully saturated rings. The Hall–Kier alpha value is -1.98. The van der Waals surface area contributed by atoms with Crippen LogP contribution in [0.15, 0.2) is 42.5 Å². The highest BCUT2D eigenvalue weighted by atomic mass is 16.5. The van der Waals surface area contributed by atoms with Crippen molar-refractivity contribution >= 4 is 11.8 Å². The van der Waals surface area contributed by atoms with E-state index in [1.807, 2.05) is 18.2 Å². The predicted octanol–water partition coefficient (Wildman–Crippen LogP) is 3.05. The molecule has 1 aliphatic carbocycles. The van der Waals surface area contributed by atoms with Crippen molar-refractivity contribution in [1.82, 2.24) is 0 Å². The van der Waals surface area contributed by atoms with Gasteiger partial charge in [0.2, 0.25) is 0 Å². The van der Waals surface area contributed by atoms with Crippen LogP contribution in [0.25, 0.3) is 0 Å². The molecule has 0 amide bonds. The average Bonchev–Trinajstić information content (AvgIpc) is 2.88. The zero-order valence-corrected chi connectivity index (χ0v) is 15.0. The van der Waals surface area contributed by atoms with E-state index in [1.165, 1.54) is 0 Å². The topological polar surface area (TPSA) is 83.8 Å². The Morgan fingerprint density at radius 1 is 1.15 bits per heavy atom. The molecule has 0 aromatic heterocycles. The third-order valence-corrected chi connectivity index (χ3v) is 4.73. The number of para-hydroxylation sites is 1. The van der Waals surface area contributed by atoms with Crippen LogP contribution in [0.1, 0.15) is 44.9 Å². The molecule has 142 valence electrons. The summed E-state index contributed by atoms with van der Waals surface area (Å²) in [6.07, 6.45) is 7.95. The monoisotopic (exact) mass is 360 g/mol. The van der Waals surface area contributed by atoms with Crippen molar-refractivity contribution in [2.24, 2.45) is 11.8 Å². The number of ketones is 1. The average molecular weight is 360 g/mol. The Labute approximate surface area is 154 Å². The summed E-state index contributed by atoms with van der Waals surface area (Å²) in [7, 11) is 0. The number of Topliss-reactive ketones (excluding diaryl/α,β-unsaturated/α-hetero) is 1. The molecular formula is C21H28O5. The molecule has 0 saturated heterocycles. The minimum atomic E-state index is -0.734. The molecule has 0 aliphatic heterocycles. The quantitative estimate of drug-likeness (QED) is 0.290. The van der Waals surface area contributed by atoms with Crippen molar-refractivity contribution in [2.75, 3.05) is 6.61 Å². The Kier molecular flexibility index (Phi) is 8.51. The number of hydrogen-bond acceptors (Lipinski definition) is 5. The molecule has 5 nitrogen and oxygen atoms in total. The number of carbonyl (C=O) groups excluding carboxylic acids is 2. The molecule has 0 spiro atoms. The van der Waals surface area contributed by atoms with Gasteiger partial charge in [0, 0.05) is 24.9 Å². The fourth-order valence-electron chi connectivity index (χ4n) is 3.31. The van der Waals surface area contributed by atoms with Gasteiger partial charge in [0.05, 0.1) is 12.5 Å². The molecule has 0 radical (unpaired) electrons. The van der Waals surface area contributed by atoms with E-state index >= 15 is 0 Å². The van der Waals surface area contributed by atoms with Crippen molar-refractivity contribution in [3.63, 3.8) is 0 Å². The second-order valence-corrected chi connectivity index (χ2v) is 6.77. The summed E-state index contributed by atoms with van der Waals surface area (Å²) in [6.45, 7) is 0.229. The molecule has 1 aliphatic rings. The Bertz CT molecular complexity index is 596. The standard InChI is InChI=1S/C21H28O5/c22-13-9-4-2-1-3-8-12-17-18(20(24)15-19(17)23)14-21(25)26-16-10-6-5-7-11-16/h5-8,10-12,17-19,22-23H,1-4,9,13-15H2/b12-8+/t17-,18-,19+/m1/s1. The van der Waals surface area contributed by atoms with Gasteiger partial charge in [0.25, 0.3) is 0 Å². The van der Waals surface area contributed by atoms with Gasteiger partial charge in [-0.3, -0.25) is 9.59 Å². The lowest BCUT2D eigenvalue weighted by Gasteiger charge is -2.16. The fourth-order valence-corrected chi connectivity index (χ4v) is 3.31. The zero-order chi connectivity index (χ0) is 18.8. The lowest BCUT2D eigenvalue weighted by atomic mass is 9.90. The molecule has 0 unspecified atom stereocenters. The number of rotatable bonds is 10. The molecule has 26 heavy (non-hydrogen) atoms. The van der Waals surface area contributed by atoms with Crippen molar-refractivity contribution in [3.8, 4) is 5.75 Å². The third-order valence-electron chi connectivity index (χ3n) is 4.73. The van der Waals surface area contributed by atoms with E-state index in [4.69, 9.17) is 9.84 Å². The van der Waals surface area contributed by atoms with Gasteiger partial charge in [-0.15, -0.1) is 0 Å².